The molecule has 0 radical (unpaired) electrons. The fourth-order valence-electron chi connectivity index (χ4n) is 3.78. The van der Waals surface area contributed by atoms with Gasteiger partial charge in [-0.2, -0.15) is 4.98 Å². The minimum atomic E-state index is -0.111. The Labute approximate surface area is 147 Å². The van der Waals surface area contributed by atoms with Crippen molar-refractivity contribution in [1.29, 1.82) is 0 Å². The van der Waals surface area contributed by atoms with E-state index in [4.69, 9.17) is 9.26 Å². The summed E-state index contributed by atoms with van der Waals surface area (Å²) < 4.78 is 10.9. The normalized spacial score (nSPS) is 23.0. The third kappa shape index (κ3) is 3.13. The maximum absolute atomic E-state index is 13.2. The van der Waals surface area contributed by atoms with E-state index < -0.39 is 0 Å². The molecule has 2 unspecified atom stereocenters. The second-order valence-corrected chi connectivity index (χ2v) is 6.75. The van der Waals surface area contributed by atoms with Crippen molar-refractivity contribution in [3.63, 3.8) is 0 Å². The number of hydrogen-bond donors (Lipinski definition) is 0. The number of amides is 1. The largest absolute Gasteiger partial charge is 0.493 e. The van der Waals surface area contributed by atoms with Gasteiger partial charge in [-0.15, -0.1) is 0 Å². The van der Waals surface area contributed by atoms with Crippen LogP contribution in [0.25, 0.3) is 0 Å². The molecule has 132 valence electrons. The molecule has 2 aliphatic rings. The summed E-state index contributed by atoms with van der Waals surface area (Å²) in [6, 6.07) is 7.87. The molecule has 1 saturated heterocycles. The number of aryl methyl sites for hydroxylation is 1. The monoisotopic (exact) mass is 341 g/mol. The second kappa shape index (κ2) is 6.86. The van der Waals surface area contributed by atoms with E-state index in [-0.39, 0.29) is 17.7 Å². The summed E-state index contributed by atoms with van der Waals surface area (Å²) >= 11 is 0. The first-order valence-corrected chi connectivity index (χ1v) is 9.09. The highest BCUT2D eigenvalue weighted by molar-refractivity contribution is 5.85. The van der Waals surface area contributed by atoms with Crippen LogP contribution in [-0.2, 0) is 11.2 Å². The molecule has 2 aromatic rings. The summed E-state index contributed by atoms with van der Waals surface area (Å²) in [7, 11) is 0. The zero-order valence-electron chi connectivity index (χ0n) is 14.5. The van der Waals surface area contributed by atoms with Gasteiger partial charge in [0.25, 0.3) is 0 Å². The number of carbonyl (C=O) groups excluding carboxylic acids is 1. The Kier molecular flexibility index (Phi) is 4.42. The first kappa shape index (κ1) is 16.1. The van der Waals surface area contributed by atoms with E-state index in [0.29, 0.717) is 19.0 Å². The van der Waals surface area contributed by atoms with E-state index in [0.717, 1.165) is 49.4 Å². The van der Waals surface area contributed by atoms with E-state index in [1.807, 2.05) is 36.1 Å². The summed E-state index contributed by atoms with van der Waals surface area (Å²) in [5.41, 5.74) is 1.01. The van der Waals surface area contributed by atoms with E-state index in [2.05, 4.69) is 10.1 Å². The SMILES string of the molecule is CCc1nc(C2CCCN(C(=O)C3CCOc4ccccc43)C2)no1. The van der Waals surface area contributed by atoms with Gasteiger partial charge in [0, 0.05) is 31.0 Å². The van der Waals surface area contributed by atoms with Crippen molar-refractivity contribution in [3.05, 3.63) is 41.5 Å². The van der Waals surface area contributed by atoms with Crippen LogP contribution in [0.4, 0.5) is 0 Å². The molecule has 2 aliphatic heterocycles. The first-order chi connectivity index (χ1) is 12.3. The zero-order valence-corrected chi connectivity index (χ0v) is 14.5. The number of piperidine rings is 1. The number of nitrogens with zero attached hydrogens (tertiary/aromatic N) is 3. The standard InChI is InChI=1S/C19H23N3O3/c1-2-17-20-18(21-25-17)13-6-5-10-22(12-13)19(23)15-9-11-24-16-8-4-3-7-14(15)16/h3-4,7-8,13,15H,2,5-6,9-12H2,1H3. The fourth-order valence-corrected chi connectivity index (χ4v) is 3.78. The maximum Gasteiger partial charge on any atom is 0.230 e. The Morgan fingerprint density at radius 3 is 3.04 bits per heavy atom. The third-order valence-corrected chi connectivity index (χ3v) is 5.14. The molecule has 0 bridgehead atoms. The molecule has 4 rings (SSSR count). The first-order valence-electron chi connectivity index (χ1n) is 9.09. The predicted molar refractivity (Wildman–Crippen MR) is 91.5 cm³/mol. The summed E-state index contributed by atoms with van der Waals surface area (Å²) in [5, 5.41) is 4.11. The van der Waals surface area contributed by atoms with Gasteiger partial charge in [-0.25, -0.2) is 0 Å². The molecule has 0 saturated carbocycles. The van der Waals surface area contributed by atoms with Gasteiger partial charge in [0.05, 0.1) is 12.5 Å². The molecule has 1 amide bonds. The highest BCUT2D eigenvalue weighted by atomic mass is 16.5. The van der Waals surface area contributed by atoms with Crippen molar-refractivity contribution in [3.8, 4) is 5.75 Å². The van der Waals surface area contributed by atoms with Gasteiger partial charge in [-0.1, -0.05) is 30.3 Å². The van der Waals surface area contributed by atoms with Gasteiger partial charge >= 0.3 is 0 Å². The minimum absolute atomic E-state index is 0.111. The Morgan fingerprint density at radius 2 is 2.20 bits per heavy atom. The summed E-state index contributed by atoms with van der Waals surface area (Å²) in [4.78, 5) is 19.6. The van der Waals surface area contributed by atoms with Gasteiger partial charge in [0.1, 0.15) is 5.75 Å². The maximum atomic E-state index is 13.2. The van der Waals surface area contributed by atoms with E-state index >= 15 is 0 Å². The highest BCUT2D eigenvalue weighted by Gasteiger charge is 2.34. The van der Waals surface area contributed by atoms with Crippen molar-refractivity contribution in [2.75, 3.05) is 19.7 Å². The van der Waals surface area contributed by atoms with E-state index in [9.17, 15) is 4.79 Å². The van der Waals surface area contributed by atoms with Crippen LogP contribution in [0.3, 0.4) is 0 Å². The van der Waals surface area contributed by atoms with E-state index in [1.54, 1.807) is 0 Å². The Bertz CT molecular complexity index is 758. The molecule has 0 aliphatic carbocycles. The predicted octanol–water partition coefficient (Wildman–Crippen LogP) is 2.90. The lowest BCUT2D eigenvalue weighted by molar-refractivity contribution is -0.134. The molecule has 6 nitrogen and oxygen atoms in total. The van der Waals surface area contributed by atoms with Crippen LogP contribution in [0.2, 0.25) is 0 Å². The molecule has 0 spiro atoms. The van der Waals surface area contributed by atoms with E-state index in [1.165, 1.54) is 0 Å². The lowest BCUT2D eigenvalue weighted by atomic mass is 9.90. The summed E-state index contributed by atoms with van der Waals surface area (Å²) in [6.45, 7) is 4.06. The lowest BCUT2D eigenvalue weighted by Crippen LogP contribution is -2.42. The molecular formula is C19H23N3O3. The lowest BCUT2D eigenvalue weighted by Gasteiger charge is -2.35. The fraction of sp³-hybridized carbons (Fsp3) is 0.526. The highest BCUT2D eigenvalue weighted by Crippen LogP contribution is 2.36. The van der Waals surface area contributed by atoms with Crippen molar-refractivity contribution >= 4 is 5.91 Å². The van der Waals surface area contributed by atoms with Gasteiger partial charge in [0.15, 0.2) is 5.82 Å². The van der Waals surface area contributed by atoms with Crippen LogP contribution in [0.1, 0.15) is 55.3 Å². The van der Waals surface area contributed by atoms with Crippen molar-refractivity contribution in [1.82, 2.24) is 15.0 Å². The number of carbonyl (C=O) groups is 1. The Balaban J connectivity index is 1.51. The average molecular weight is 341 g/mol. The second-order valence-electron chi connectivity index (χ2n) is 6.75. The van der Waals surface area contributed by atoms with Crippen LogP contribution in [0.5, 0.6) is 5.75 Å². The quantitative estimate of drug-likeness (QED) is 0.858. The molecule has 6 heteroatoms. The van der Waals surface area contributed by atoms with Crippen LogP contribution in [0.15, 0.2) is 28.8 Å². The van der Waals surface area contributed by atoms with Gasteiger partial charge in [-0.05, 0) is 25.3 Å². The number of para-hydroxylation sites is 1. The molecule has 3 heterocycles. The van der Waals surface area contributed by atoms with Crippen molar-refractivity contribution in [2.45, 2.75) is 44.4 Å². The third-order valence-electron chi connectivity index (χ3n) is 5.14. The van der Waals surface area contributed by atoms with Crippen molar-refractivity contribution < 1.29 is 14.1 Å². The molecule has 1 fully saturated rings. The average Bonchev–Trinajstić information content (AvgIpc) is 3.16. The van der Waals surface area contributed by atoms with Crippen LogP contribution < -0.4 is 4.74 Å². The Hall–Kier alpha value is -2.37. The molecule has 0 N–H and O–H groups in total. The number of ether oxygens (including phenoxy) is 1. The van der Waals surface area contributed by atoms with Gasteiger partial charge in [-0.3, -0.25) is 4.79 Å². The number of likely N-dealkylation sites (tertiary alicyclic amines) is 1. The molecule has 2 atom stereocenters. The number of fused-ring (bicyclic) bond motifs is 1. The number of hydrogen-bond acceptors (Lipinski definition) is 5. The molecule has 1 aromatic heterocycles. The zero-order chi connectivity index (χ0) is 17.2. The van der Waals surface area contributed by atoms with Crippen LogP contribution in [0, 0.1) is 0 Å². The smallest absolute Gasteiger partial charge is 0.230 e. The summed E-state index contributed by atoms with van der Waals surface area (Å²) in [5.74, 6) is 2.49. The molecule has 1 aromatic carbocycles. The molecular weight excluding hydrogens is 318 g/mol. The summed E-state index contributed by atoms with van der Waals surface area (Å²) in [6.07, 6.45) is 3.44. The molecule has 25 heavy (non-hydrogen) atoms. The van der Waals surface area contributed by atoms with Crippen molar-refractivity contribution in [2.24, 2.45) is 0 Å². The number of aromatic nitrogens is 2. The van der Waals surface area contributed by atoms with Gasteiger partial charge < -0.3 is 14.2 Å². The van der Waals surface area contributed by atoms with Gasteiger partial charge in [0.2, 0.25) is 11.8 Å². The Morgan fingerprint density at radius 1 is 1.32 bits per heavy atom. The van der Waals surface area contributed by atoms with Crippen LogP contribution >= 0.6 is 0 Å². The number of rotatable bonds is 3. The topological polar surface area (TPSA) is 68.5 Å². The number of benzene rings is 1. The van der Waals surface area contributed by atoms with Crippen LogP contribution in [-0.4, -0.2) is 40.6 Å². The minimum Gasteiger partial charge on any atom is -0.493 e.